The van der Waals surface area contributed by atoms with E-state index in [0.717, 1.165) is 38.2 Å². The highest BCUT2D eigenvalue weighted by molar-refractivity contribution is 5.95. The van der Waals surface area contributed by atoms with Crippen molar-refractivity contribution in [2.45, 2.75) is 26.7 Å². The zero-order valence-electron chi connectivity index (χ0n) is 16.5. The highest BCUT2D eigenvalue weighted by Crippen LogP contribution is 2.25. The number of nitrogens with one attached hydrogen (secondary N) is 1. The monoisotopic (exact) mass is 370 g/mol. The Hall–Kier alpha value is -2.34. The van der Waals surface area contributed by atoms with E-state index < -0.39 is 0 Å². The van der Waals surface area contributed by atoms with Crippen molar-refractivity contribution in [3.05, 3.63) is 42.2 Å². The van der Waals surface area contributed by atoms with Crippen LogP contribution in [0.4, 0.5) is 0 Å². The number of likely N-dealkylation sites (tertiary alicyclic amines) is 1. The number of rotatable bonds is 7. The second-order valence-electron chi connectivity index (χ2n) is 7.62. The normalized spacial score (nSPS) is 15.3. The lowest BCUT2D eigenvalue weighted by Crippen LogP contribution is -2.40. The van der Waals surface area contributed by atoms with Gasteiger partial charge in [0.15, 0.2) is 11.4 Å². The van der Waals surface area contributed by atoms with Crippen molar-refractivity contribution in [1.82, 2.24) is 20.0 Å². The summed E-state index contributed by atoms with van der Waals surface area (Å²) in [5.74, 6) is 1.55. The largest absolute Gasteiger partial charge is 0.489 e. The van der Waals surface area contributed by atoms with Gasteiger partial charge in [0.2, 0.25) is 0 Å². The number of amides is 1. The molecule has 1 aliphatic heterocycles. The third-order valence-electron chi connectivity index (χ3n) is 4.87. The number of hydrogen-bond acceptors (Lipinski definition) is 4. The van der Waals surface area contributed by atoms with Crippen molar-refractivity contribution in [3.63, 3.8) is 0 Å². The maximum absolute atomic E-state index is 13.1. The molecule has 6 nitrogen and oxygen atoms in total. The van der Waals surface area contributed by atoms with E-state index in [9.17, 15) is 4.79 Å². The number of nitrogens with zero attached hydrogens (tertiary/aromatic N) is 3. The topological polar surface area (TPSA) is 59.4 Å². The number of aromatic nitrogens is 2. The van der Waals surface area contributed by atoms with Gasteiger partial charge >= 0.3 is 0 Å². The molecular formula is C21H30N4O2. The van der Waals surface area contributed by atoms with E-state index in [1.165, 1.54) is 0 Å². The Morgan fingerprint density at radius 2 is 1.96 bits per heavy atom. The summed E-state index contributed by atoms with van der Waals surface area (Å²) in [7, 11) is 1.98. The third-order valence-corrected chi connectivity index (χ3v) is 4.87. The van der Waals surface area contributed by atoms with Gasteiger partial charge in [0.05, 0.1) is 18.5 Å². The quantitative estimate of drug-likeness (QED) is 0.814. The summed E-state index contributed by atoms with van der Waals surface area (Å²) < 4.78 is 7.66. The number of ether oxygens (including phenoxy) is 1. The lowest BCUT2D eigenvalue weighted by molar-refractivity contribution is 0.0679. The van der Waals surface area contributed by atoms with Gasteiger partial charge in [-0.15, -0.1) is 0 Å². The number of piperidine rings is 1. The van der Waals surface area contributed by atoms with Gasteiger partial charge in [0.25, 0.3) is 5.91 Å². The summed E-state index contributed by atoms with van der Waals surface area (Å²) in [4.78, 5) is 15.0. The fraction of sp³-hybridized carbons (Fsp3) is 0.524. The maximum Gasteiger partial charge on any atom is 0.278 e. The molecule has 3 rings (SSSR count). The molecule has 1 amide bonds. The molecule has 1 aromatic carbocycles. The number of para-hydroxylation sites is 1. The zero-order chi connectivity index (χ0) is 19.2. The van der Waals surface area contributed by atoms with Crippen molar-refractivity contribution in [3.8, 4) is 11.4 Å². The minimum atomic E-state index is -0.0358. The Kier molecular flexibility index (Phi) is 6.50. The molecule has 0 spiro atoms. The van der Waals surface area contributed by atoms with Crippen LogP contribution in [0.2, 0.25) is 0 Å². The molecule has 0 unspecified atom stereocenters. The summed E-state index contributed by atoms with van der Waals surface area (Å²) >= 11 is 0. The second-order valence-corrected chi connectivity index (χ2v) is 7.62. The SMILES string of the molecule is CNCC1CCN(C(=O)c2nn(-c3ccccc3)cc2OCC(C)C)CC1. The lowest BCUT2D eigenvalue weighted by Gasteiger charge is -2.31. The summed E-state index contributed by atoms with van der Waals surface area (Å²) in [6, 6.07) is 9.82. The van der Waals surface area contributed by atoms with Gasteiger partial charge in [-0.2, -0.15) is 5.10 Å². The summed E-state index contributed by atoms with van der Waals surface area (Å²) in [6.45, 7) is 7.30. The molecule has 2 heterocycles. The van der Waals surface area contributed by atoms with Gasteiger partial charge < -0.3 is 15.0 Å². The van der Waals surface area contributed by atoms with Crippen LogP contribution in [0.3, 0.4) is 0 Å². The third kappa shape index (κ3) is 4.89. The Labute approximate surface area is 161 Å². The van der Waals surface area contributed by atoms with Crippen molar-refractivity contribution < 1.29 is 9.53 Å². The van der Waals surface area contributed by atoms with Gasteiger partial charge in [0.1, 0.15) is 0 Å². The first-order chi connectivity index (χ1) is 13.1. The van der Waals surface area contributed by atoms with E-state index in [0.29, 0.717) is 29.9 Å². The fourth-order valence-electron chi connectivity index (χ4n) is 3.36. The van der Waals surface area contributed by atoms with Crippen LogP contribution in [0.25, 0.3) is 5.69 Å². The standard InChI is InChI=1S/C21H30N4O2/c1-16(2)15-27-19-14-25(18-7-5-4-6-8-18)23-20(19)21(26)24-11-9-17(10-12-24)13-22-3/h4-8,14,16-17,22H,9-13,15H2,1-3H3. The molecule has 146 valence electrons. The molecule has 0 aliphatic carbocycles. The van der Waals surface area contributed by atoms with E-state index in [-0.39, 0.29) is 5.91 Å². The van der Waals surface area contributed by atoms with Crippen LogP contribution in [0.1, 0.15) is 37.2 Å². The van der Waals surface area contributed by atoms with E-state index >= 15 is 0 Å². The van der Waals surface area contributed by atoms with Crippen molar-refractivity contribution in [2.75, 3.05) is 33.3 Å². The van der Waals surface area contributed by atoms with E-state index in [2.05, 4.69) is 24.3 Å². The fourth-order valence-corrected chi connectivity index (χ4v) is 3.36. The molecule has 1 saturated heterocycles. The molecule has 0 radical (unpaired) electrons. The van der Waals surface area contributed by atoms with Crippen molar-refractivity contribution in [1.29, 1.82) is 0 Å². The minimum absolute atomic E-state index is 0.0358. The van der Waals surface area contributed by atoms with Gasteiger partial charge in [-0.25, -0.2) is 4.68 Å². The first-order valence-electron chi connectivity index (χ1n) is 9.80. The molecule has 0 atom stereocenters. The predicted molar refractivity (Wildman–Crippen MR) is 106 cm³/mol. The molecule has 0 bridgehead atoms. The Balaban J connectivity index is 1.80. The molecule has 1 aliphatic rings. The Morgan fingerprint density at radius 3 is 2.59 bits per heavy atom. The van der Waals surface area contributed by atoms with Gasteiger partial charge in [0, 0.05) is 13.1 Å². The first kappa shape index (κ1) is 19.4. The summed E-state index contributed by atoms with van der Waals surface area (Å²) in [6.07, 6.45) is 3.86. The number of carbonyl (C=O) groups is 1. The number of benzene rings is 1. The van der Waals surface area contributed by atoms with Gasteiger partial charge in [-0.1, -0.05) is 32.0 Å². The van der Waals surface area contributed by atoms with E-state index in [4.69, 9.17) is 4.74 Å². The van der Waals surface area contributed by atoms with E-state index in [1.54, 1.807) is 4.68 Å². The van der Waals surface area contributed by atoms with Crippen LogP contribution in [0.15, 0.2) is 36.5 Å². The van der Waals surface area contributed by atoms with Crippen LogP contribution in [-0.2, 0) is 0 Å². The molecular weight excluding hydrogens is 340 g/mol. The van der Waals surface area contributed by atoms with Crippen LogP contribution < -0.4 is 10.1 Å². The van der Waals surface area contributed by atoms with Gasteiger partial charge in [-0.3, -0.25) is 4.79 Å². The minimum Gasteiger partial charge on any atom is -0.489 e. The molecule has 27 heavy (non-hydrogen) atoms. The molecule has 2 aromatic rings. The van der Waals surface area contributed by atoms with Gasteiger partial charge in [-0.05, 0) is 50.4 Å². The Bertz CT molecular complexity index is 734. The van der Waals surface area contributed by atoms with Crippen LogP contribution in [0, 0.1) is 11.8 Å². The molecule has 0 saturated carbocycles. The highest BCUT2D eigenvalue weighted by atomic mass is 16.5. The smallest absolute Gasteiger partial charge is 0.278 e. The van der Waals surface area contributed by atoms with E-state index in [1.807, 2.05) is 48.5 Å². The predicted octanol–water partition coefficient (Wildman–Crippen LogP) is 2.98. The van der Waals surface area contributed by atoms with Crippen LogP contribution >= 0.6 is 0 Å². The molecule has 1 fully saturated rings. The lowest BCUT2D eigenvalue weighted by atomic mass is 9.96. The number of carbonyl (C=O) groups excluding carboxylic acids is 1. The Morgan fingerprint density at radius 1 is 1.26 bits per heavy atom. The van der Waals surface area contributed by atoms with Crippen LogP contribution in [0.5, 0.6) is 5.75 Å². The summed E-state index contributed by atoms with van der Waals surface area (Å²) in [5, 5.41) is 7.81. The zero-order valence-corrected chi connectivity index (χ0v) is 16.5. The first-order valence-corrected chi connectivity index (χ1v) is 9.80. The second kappa shape index (κ2) is 9.04. The summed E-state index contributed by atoms with van der Waals surface area (Å²) in [5.41, 5.74) is 1.32. The highest BCUT2D eigenvalue weighted by Gasteiger charge is 2.28. The molecule has 1 N–H and O–H groups in total. The van der Waals surface area contributed by atoms with Crippen LogP contribution in [-0.4, -0.2) is 53.9 Å². The average molecular weight is 370 g/mol. The van der Waals surface area contributed by atoms with Crippen molar-refractivity contribution >= 4 is 5.91 Å². The molecule has 6 heteroatoms. The molecule has 1 aromatic heterocycles. The average Bonchev–Trinajstić information content (AvgIpc) is 3.12. The number of hydrogen-bond donors (Lipinski definition) is 1. The maximum atomic E-state index is 13.1. The van der Waals surface area contributed by atoms with Crippen molar-refractivity contribution in [2.24, 2.45) is 11.8 Å².